The average Bonchev–Trinajstić information content (AvgIpc) is 1.69. The summed E-state index contributed by atoms with van der Waals surface area (Å²) in [5.41, 5.74) is 2.52. The molecular formula is C4H12ClNO2. The molecule has 4 heteroatoms. The van der Waals surface area contributed by atoms with E-state index in [1.54, 1.807) is 14.2 Å². The second kappa shape index (κ2) is 10.2. The zero-order valence-corrected chi connectivity index (χ0v) is 5.96. The lowest BCUT2D eigenvalue weighted by Gasteiger charge is -1.96. The van der Waals surface area contributed by atoms with Crippen molar-refractivity contribution in [2.45, 2.75) is 0 Å². The number of rotatable bonds is 4. The molecule has 0 radical (unpaired) electrons. The molecule has 0 aliphatic carbocycles. The van der Waals surface area contributed by atoms with Crippen LogP contribution in [0.2, 0.25) is 0 Å². The Balaban J connectivity index is 0. The Morgan fingerprint density at radius 3 is 2.38 bits per heavy atom. The van der Waals surface area contributed by atoms with Gasteiger partial charge in [-0.25, -0.2) is 5.48 Å². The van der Waals surface area contributed by atoms with E-state index in [1.807, 2.05) is 0 Å². The summed E-state index contributed by atoms with van der Waals surface area (Å²) in [5, 5.41) is 0. The first-order valence-electron chi connectivity index (χ1n) is 2.19. The molecule has 8 heavy (non-hydrogen) atoms. The van der Waals surface area contributed by atoms with Crippen molar-refractivity contribution in [3.8, 4) is 0 Å². The Morgan fingerprint density at radius 1 is 1.38 bits per heavy atom. The maximum absolute atomic E-state index is 4.70. The topological polar surface area (TPSA) is 30.5 Å². The van der Waals surface area contributed by atoms with Gasteiger partial charge in [0.25, 0.3) is 0 Å². The number of nitrogens with one attached hydrogen (secondary N) is 1. The van der Waals surface area contributed by atoms with Gasteiger partial charge >= 0.3 is 0 Å². The molecule has 0 saturated heterocycles. The van der Waals surface area contributed by atoms with E-state index >= 15 is 0 Å². The summed E-state index contributed by atoms with van der Waals surface area (Å²) >= 11 is 0. The Kier molecular flexibility index (Phi) is 14.1. The predicted molar refractivity (Wildman–Crippen MR) is 34.1 cm³/mol. The molecule has 0 spiro atoms. The van der Waals surface area contributed by atoms with Crippen LogP contribution in [0.5, 0.6) is 0 Å². The van der Waals surface area contributed by atoms with Gasteiger partial charge in [-0.3, -0.25) is 4.84 Å². The molecule has 0 aromatic heterocycles. The minimum absolute atomic E-state index is 0. The third-order valence-electron chi connectivity index (χ3n) is 0.534. The molecule has 1 N–H and O–H groups in total. The minimum Gasteiger partial charge on any atom is -0.382 e. The number of hydroxylamine groups is 1. The van der Waals surface area contributed by atoms with Crippen molar-refractivity contribution in [1.29, 1.82) is 0 Å². The number of hydrogen-bond acceptors (Lipinski definition) is 3. The van der Waals surface area contributed by atoms with Gasteiger partial charge in [-0.1, -0.05) is 0 Å². The molecule has 0 aromatic rings. The molecule has 0 atom stereocenters. The highest BCUT2D eigenvalue weighted by molar-refractivity contribution is 5.85. The quantitative estimate of drug-likeness (QED) is 0.449. The van der Waals surface area contributed by atoms with Gasteiger partial charge in [-0.2, -0.15) is 0 Å². The van der Waals surface area contributed by atoms with Gasteiger partial charge in [0.05, 0.1) is 13.2 Å². The average molecular weight is 142 g/mol. The van der Waals surface area contributed by atoms with E-state index < -0.39 is 0 Å². The molecule has 0 rings (SSSR count). The highest BCUT2D eigenvalue weighted by Gasteiger charge is 1.77. The monoisotopic (exact) mass is 141 g/mol. The van der Waals surface area contributed by atoms with Crippen LogP contribution >= 0.6 is 12.4 Å². The van der Waals surface area contributed by atoms with Crippen molar-refractivity contribution < 1.29 is 9.57 Å². The van der Waals surface area contributed by atoms with E-state index in [9.17, 15) is 0 Å². The molecule has 0 saturated carbocycles. The van der Waals surface area contributed by atoms with Crippen LogP contribution in [0, 0.1) is 0 Å². The van der Waals surface area contributed by atoms with Crippen LogP contribution < -0.4 is 5.48 Å². The number of methoxy groups -OCH3 is 1. The molecule has 0 aliphatic rings. The molecule has 0 aliphatic heterocycles. The largest absolute Gasteiger partial charge is 0.382 e. The normalized spacial score (nSPS) is 8.25. The molecule has 52 valence electrons. The Bertz CT molecular complexity index is 33.2. The fraction of sp³-hybridized carbons (Fsp3) is 1.00. The predicted octanol–water partition coefficient (Wildman–Crippen LogP) is 0.206. The Labute approximate surface area is 55.7 Å². The standard InChI is InChI=1S/C4H11NO2.ClH/c1-5-7-4-3-6-2;/h5H,3-4H2,1-2H3;1H. The lowest BCUT2D eigenvalue weighted by molar-refractivity contribution is 0.0190. The zero-order valence-electron chi connectivity index (χ0n) is 5.14. The van der Waals surface area contributed by atoms with E-state index in [2.05, 4.69) is 10.2 Å². The van der Waals surface area contributed by atoms with Crippen molar-refractivity contribution in [2.24, 2.45) is 0 Å². The molecular weight excluding hydrogens is 130 g/mol. The molecule has 0 fully saturated rings. The molecule has 3 nitrogen and oxygen atoms in total. The first-order valence-corrected chi connectivity index (χ1v) is 2.19. The summed E-state index contributed by atoms with van der Waals surface area (Å²) < 4.78 is 4.68. The van der Waals surface area contributed by atoms with Crippen LogP contribution in [0.1, 0.15) is 0 Å². The molecule has 0 heterocycles. The van der Waals surface area contributed by atoms with Crippen LogP contribution in [-0.2, 0) is 9.57 Å². The van der Waals surface area contributed by atoms with E-state index in [-0.39, 0.29) is 12.4 Å². The second-order valence-electron chi connectivity index (χ2n) is 1.05. The fourth-order valence-corrected chi connectivity index (χ4v) is 0.227. The summed E-state index contributed by atoms with van der Waals surface area (Å²) in [6, 6.07) is 0. The SMILES string of the molecule is CNOCCOC.Cl. The van der Waals surface area contributed by atoms with Gasteiger partial charge < -0.3 is 4.74 Å². The lowest BCUT2D eigenvalue weighted by atomic mass is 10.8. The summed E-state index contributed by atoms with van der Waals surface area (Å²) in [7, 11) is 3.36. The smallest absolute Gasteiger partial charge is 0.0915 e. The number of ether oxygens (including phenoxy) is 1. The fourth-order valence-electron chi connectivity index (χ4n) is 0.227. The van der Waals surface area contributed by atoms with Gasteiger partial charge in [0.15, 0.2) is 0 Å². The van der Waals surface area contributed by atoms with Gasteiger partial charge in [0, 0.05) is 14.2 Å². The third-order valence-corrected chi connectivity index (χ3v) is 0.534. The lowest BCUT2D eigenvalue weighted by Crippen LogP contribution is -2.11. The second-order valence-corrected chi connectivity index (χ2v) is 1.05. The van der Waals surface area contributed by atoms with Gasteiger partial charge in [-0.15, -0.1) is 12.4 Å². The summed E-state index contributed by atoms with van der Waals surface area (Å²) in [4.78, 5) is 4.70. The first-order chi connectivity index (χ1) is 3.41. The van der Waals surface area contributed by atoms with E-state index in [0.717, 1.165) is 0 Å². The third kappa shape index (κ3) is 9.48. The van der Waals surface area contributed by atoms with Crippen LogP contribution in [0.4, 0.5) is 0 Å². The highest BCUT2D eigenvalue weighted by atomic mass is 35.5. The van der Waals surface area contributed by atoms with Crippen molar-refractivity contribution in [3.05, 3.63) is 0 Å². The van der Waals surface area contributed by atoms with E-state index in [1.165, 1.54) is 0 Å². The van der Waals surface area contributed by atoms with Crippen molar-refractivity contribution >= 4 is 12.4 Å². The molecule has 0 unspecified atom stereocenters. The Hall–Kier alpha value is 0.170. The van der Waals surface area contributed by atoms with E-state index in [4.69, 9.17) is 4.84 Å². The molecule has 0 amide bonds. The van der Waals surface area contributed by atoms with Crippen molar-refractivity contribution in [2.75, 3.05) is 27.4 Å². The van der Waals surface area contributed by atoms with Crippen LogP contribution in [-0.4, -0.2) is 27.4 Å². The van der Waals surface area contributed by atoms with Gasteiger partial charge in [-0.05, 0) is 0 Å². The highest BCUT2D eigenvalue weighted by Crippen LogP contribution is 1.65. The summed E-state index contributed by atoms with van der Waals surface area (Å²) in [5.74, 6) is 0. The van der Waals surface area contributed by atoms with Crippen LogP contribution in [0.25, 0.3) is 0 Å². The van der Waals surface area contributed by atoms with Crippen molar-refractivity contribution in [1.82, 2.24) is 5.48 Å². The van der Waals surface area contributed by atoms with Crippen LogP contribution in [0.3, 0.4) is 0 Å². The Morgan fingerprint density at radius 2 is 2.00 bits per heavy atom. The zero-order chi connectivity index (χ0) is 5.54. The van der Waals surface area contributed by atoms with Gasteiger partial charge in [0.2, 0.25) is 0 Å². The number of halogens is 1. The first kappa shape index (κ1) is 11.0. The van der Waals surface area contributed by atoms with Crippen LogP contribution in [0.15, 0.2) is 0 Å². The van der Waals surface area contributed by atoms with Crippen molar-refractivity contribution in [3.63, 3.8) is 0 Å². The maximum Gasteiger partial charge on any atom is 0.0915 e. The minimum atomic E-state index is 0. The summed E-state index contributed by atoms with van der Waals surface area (Å²) in [6.07, 6.45) is 0. The maximum atomic E-state index is 4.70. The molecule has 0 bridgehead atoms. The molecule has 0 aromatic carbocycles. The van der Waals surface area contributed by atoms with Gasteiger partial charge in [0.1, 0.15) is 0 Å². The van der Waals surface area contributed by atoms with E-state index in [0.29, 0.717) is 13.2 Å². The summed E-state index contributed by atoms with van der Waals surface area (Å²) in [6.45, 7) is 1.24. The number of hydrogen-bond donors (Lipinski definition) is 1.